The van der Waals surface area contributed by atoms with Gasteiger partial charge in [0, 0.05) is 17.0 Å². The number of benzene rings is 1. The summed E-state index contributed by atoms with van der Waals surface area (Å²) in [5, 5.41) is 2.87. The molecule has 4 nitrogen and oxygen atoms in total. The molecule has 0 aliphatic carbocycles. The van der Waals surface area contributed by atoms with E-state index in [2.05, 4.69) is 4.98 Å². The van der Waals surface area contributed by atoms with Gasteiger partial charge in [0.25, 0.3) is 0 Å². The summed E-state index contributed by atoms with van der Waals surface area (Å²) < 4.78 is 10.3. The van der Waals surface area contributed by atoms with Gasteiger partial charge in [-0.1, -0.05) is 0 Å². The Hall–Kier alpha value is -1.88. The summed E-state index contributed by atoms with van der Waals surface area (Å²) in [6.45, 7) is 1.92. The number of nitrogens with zero attached hydrogens (tertiary/aromatic N) is 1. The largest absolute Gasteiger partial charge is 0.497 e. The van der Waals surface area contributed by atoms with E-state index in [1.54, 1.807) is 43.8 Å². The number of ketones is 1. The van der Waals surface area contributed by atoms with Crippen molar-refractivity contribution in [3.63, 3.8) is 0 Å². The highest BCUT2D eigenvalue weighted by molar-refractivity contribution is 7.09. The fourth-order valence-electron chi connectivity index (χ4n) is 1.72. The molecule has 2 rings (SSSR count). The molecule has 5 heteroatoms. The van der Waals surface area contributed by atoms with Crippen LogP contribution in [0.4, 0.5) is 0 Å². The molecule has 0 aliphatic heterocycles. The highest BCUT2D eigenvalue weighted by Gasteiger charge is 2.12. The smallest absolute Gasteiger partial charge is 0.169 e. The number of aromatic nitrogens is 1. The number of carbonyl (C=O) groups is 1. The molecule has 0 aliphatic rings. The van der Waals surface area contributed by atoms with Crippen molar-refractivity contribution in [2.45, 2.75) is 13.3 Å². The first-order chi connectivity index (χ1) is 9.12. The minimum absolute atomic E-state index is 0.00231. The fourth-order valence-corrected chi connectivity index (χ4v) is 2.34. The number of methoxy groups -OCH3 is 2. The van der Waals surface area contributed by atoms with Crippen LogP contribution in [0.15, 0.2) is 23.6 Å². The average molecular weight is 277 g/mol. The molecule has 0 unspecified atom stereocenters. The van der Waals surface area contributed by atoms with Crippen molar-refractivity contribution in [3.05, 3.63) is 39.8 Å². The SMILES string of the molecule is COc1cc(OC)cc(C(=O)Cc2csc(C)n2)c1. The van der Waals surface area contributed by atoms with Crippen LogP contribution in [-0.2, 0) is 6.42 Å². The molecule has 0 saturated carbocycles. The number of hydrogen-bond donors (Lipinski definition) is 0. The molecule has 2 aromatic rings. The Morgan fingerprint density at radius 1 is 1.21 bits per heavy atom. The lowest BCUT2D eigenvalue weighted by Crippen LogP contribution is -2.05. The van der Waals surface area contributed by atoms with E-state index in [0.29, 0.717) is 23.5 Å². The third kappa shape index (κ3) is 3.32. The molecule has 0 N–H and O–H groups in total. The molecule has 100 valence electrons. The van der Waals surface area contributed by atoms with Gasteiger partial charge in [0.05, 0.1) is 31.3 Å². The predicted molar refractivity (Wildman–Crippen MR) is 74.4 cm³/mol. The lowest BCUT2D eigenvalue weighted by Gasteiger charge is -2.07. The Morgan fingerprint density at radius 3 is 2.32 bits per heavy atom. The maximum Gasteiger partial charge on any atom is 0.169 e. The van der Waals surface area contributed by atoms with E-state index in [0.717, 1.165) is 10.7 Å². The molecule has 19 heavy (non-hydrogen) atoms. The van der Waals surface area contributed by atoms with Gasteiger partial charge in [0.2, 0.25) is 0 Å². The fraction of sp³-hybridized carbons (Fsp3) is 0.286. The molecular formula is C14H15NO3S. The van der Waals surface area contributed by atoms with Gasteiger partial charge in [-0.3, -0.25) is 4.79 Å². The van der Waals surface area contributed by atoms with E-state index >= 15 is 0 Å². The standard InChI is InChI=1S/C14H15NO3S/c1-9-15-11(8-19-9)6-14(16)10-4-12(17-2)7-13(5-10)18-3/h4-5,7-8H,6H2,1-3H3. The Bertz CT molecular complexity index is 570. The van der Waals surface area contributed by atoms with Crippen LogP contribution in [0.25, 0.3) is 0 Å². The highest BCUT2D eigenvalue weighted by Crippen LogP contribution is 2.23. The summed E-state index contributed by atoms with van der Waals surface area (Å²) in [6.07, 6.45) is 0.292. The molecule has 0 spiro atoms. The number of ether oxygens (including phenoxy) is 2. The summed E-state index contributed by atoms with van der Waals surface area (Å²) in [4.78, 5) is 16.5. The predicted octanol–water partition coefficient (Wildman–Crippen LogP) is 2.89. The van der Waals surface area contributed by atoms with Crippen LogP contribution in [0.1, 0.15) is 21.1 Å². The summed E-state index contributed by atoms with van der Waals surface area (Å²) >= 11 is 1.54. The van der Waals surface area contributed by atoms with E-state index in [1.165, 1.54) is 0 Å². The second kappa shape index (κ2) is 5.84. The van der Waals surface area contributed by atoms with Crippen molar-refractivity contribution in [2.24, 2.45) is 0 Å². The van der Waals surface area contributed by atoms with Crippen LogP contribution in [-0.4, -0.2) is 25.0 Å². The maximum absolute atomic E-state index is 12.2. The first-order valence-electron chi connectivity index (χ1n) is 5.79. The molecule has 0 atom stereocenters. The summed E-state index contributed by atoms with van der Waals surface area (Å²) in [6, 6.07) is 5.16. The zero-order chi connectivity index (χ0) is 13.8. The van der Waals surface area contributed by atoms with Crippen LogP contribution >= 0.6 is 11.3 Å². The Labute approximate surface area is 116 Å². The molecule has 0 bridgehead atoms. The van der Waals surface area contributed by atoms with Crippen molar-refractivity contribution in [2.75, 3.05) is 14.2 Å². The number of rotatable bonds is 5. The molecule has 0 radical (unpaired) electrons. The lowest BCUT2D eigenvalue weighted by molar-refractivity contribution is 0.0991. The quantitative estimate of drug-likeness (QED) is 0.788. The zero-order valence-corrected chi connectivity index (χ0v) is 11.9. The minimum Gasteiger partial charge on any atom is -0.497 e. The number of carbonyl (C=O) groups excluding carboxylic acids is 1. The van der Waals surface area contributed by atoms with Gasteiger partial charge in [-0.05, 0) is 19.1 Å². The van der Waals surface area contributed by atoms with Gasteiger partial charge in [-0.2, -0.15) is 0 Å². The van der Waals surface area contributed by atoms with Gasteiger partial charge in [-0.15, -0.1) is 11.3 Å². The first-order valence-corrected chi connectivity index (χ1v) is 6.67. The van der Waals surface area contributed by atoms with Gasteiger partial charge in [0.15, 0.2) is 5.78 Å². The molecule has 0 saturated heterocycles. The second-order valence-corrected chi connectivity index (χ2v) is 5.12. The minimum atomic E-state index is 0.00231. The third-order valence-corrected chi connectivity index (χ3v) is 3.50. The summed E-state index contributed by atoms with van der Waals surface area (Å²) in [7, 11) is 3.12. The van der Waals surface area contributed by atoms with Gasteiger partial charge in [-0.25, -0.2) is 4.98 Å². The number of thiazole rings is 1. The molecule has 0 amide bonds. The Morgan fingerprint density at radius 2 is 1.84 bits per heavy atom. The Balaban J connectivity index is 2.22. The van der Waals surface area contributed by atoms with E-state index < -0.39 is 0 Å². The summed E-state index contributed by atoms with van der Waals surface area (Å²) in [5.41, 5.74) is 1.37. The zero-order valence-electron chi connectivity index (χ0n) is 11.1. The van der Waals surface area contributed by atoms with Gasteiger partial charge < -0.3 is 9.47 Å². The van der Waals surface area contributed by atoms with E-state index in [1.807, 2.05) is 12.3 Å². The molecule has 0 fully saturated rings. The van der Waals surface area contributed by atoms with Crippen LogP contribution in [0, 0.1) is 6.92 Å². The number of aryl methyl sites for hydroxylation is 1. The number of hydrogen-bond acceptors (Lipinski definition) is 5. The van der Waals surface area contributed by atoms with Crippen molar-refractivity contribution in [1.29, 1.82) is 0 Å². The highest BCUT2D eigenvalue weighted by atomic mass is 32.1. The first kappa shape index (κ1) is 13.5. The second-order valence-electron chi connectivity index (χ2n) is 4.06. The molecule has 1 heterocycles. The Kier molecular flexibility index (Phi) is 4.16. The van der Waals surface area contributed by atoms with Crippen LogP contribution in [0.3, 0.4) is 0 Å². The van der Waals surface area contributed by atoms with Gasteiger partial charge in [0.1, 0.15) is 11.5 Å². The van der Waals surface area contributed by atoms with E-state index in [4.69, 9.17) is 9.47 Å². The van der Waals surface area contributed by atoms with Crippen LogP contribution in [0.2, 0.25) is 0 Å². The van der Waals surface area contributed by atoms with E-state index in [-0.39, 0.29) is 5.78 Å². The molecule has 1 aromatic carbocycles. The average Bonchev–Trinajstić information content (AvgIpc) is 2.83. The molecule has 1 aromatic heterocycles. The normalized spacial score (nSPS) is 10.3. The van der Waals surface area contributed by atoms with Gasteiger partial charge >= 0.3 is 0 Å². The maximum atomic E-state index is 12.2. The molecular weight excluding hydrogens is 262 g/mol. The topological polar surface area (TPSA) is 48.4 Å². The van der Waals surface area contributed by atoms with Crippen molar-refractivity contribution >= 4 is 17.1 Å². The third-order valence-electron chi connectivity index (χ3n) is 2.68. The van der Waals surface area contributed by atoms with Crippen molar-refractivity contribution in [3.8, 4) is 11.5 Å². The van der Waals surface area contributed by atoms with E-state index in [9.17, 15) is 4.79 Å². The van der Waals surface area contributed by atoms with Crippen LogP contribution < -0.4 is 9.47 Å². The monoisotopic (exact) mass is 277 g/mol. The number of Topliss-reactive ketones (excluding diaryl/α,β-unsaturated/α-hetero) is 1. The van der Waals surface area contributed by atoms with Crippen molar-refractivity contribution in [1.82, 2.24) is 4.98 Å². The lowest BCUT2D eigenvalue weighted by atomic mass is 10.1. The van der Waals surface area contributed by atoms with Crippen molar-refractivity contribution < 1.29 is 14.3 Å². The van der Waals surface area contributed by atoms with Crippen LogP contribution in [0.5, 0.6) is 11.5 Å². The summed E-state index contributed by atoms with van der Waals surface area (Å²) in [5.74, 6) is 1.22.